The predicted molar refractivity (Wildman–Crippen MR) is 52.2 cm³/mol. The van der Waals surface area contributed by atoms with Crippen molar-refractivity contribution in [3.05, 3.63) is 18.5 Å². The second-order valence-electron chi connectivity index (χ2n) is 2.84. The highest BCUT2D eigenvalue weighted by Crippen LogP contribution is 2.02. The van der Waals surface area contributed by atoms with Gasteiger partial charge in [0.25, 0.3) is 0 Å². The first kappa shape index (κ1) is 10.6. The number of methoxy groups -OCH3 is 1. The fraction of sp³-hybridized carbons (Fsp3) is 0.444. The van der Waals surface area contributed by atoms with Gasteiger partial charge in [-0.1, -0.05) is 0 Å². The molecule has 1 rings (SSSR count). The Morgan fingerprint density at radius 3 is 2.71 bits per heavy atom. The van der Waals surface area contributed by atoms with Gasteiger partial charge < -0.3 is 14.4 Å². The Kier molecular flexibility index (Phi) is 4.00. The van der Waals surface area contributed by atoms with Crippen LogP contribution < -0.4 is 4.90 Å². The Morgan fingerprint density at radius 2 is 2.21 bits per heavy atom. The van der Waals surface area contributed by atoms with Crippen molar-refractivity contribution >= 4 is 12.2 Å². The van der Waals surface area contributed by atoms with Crippen LogP contribution in [-0.2, 0) is 9.53 Å². The molecule has 0 spiro atoms. The molecule has 1 aromatic heterocycles. The van der Waals surface area contributed by atoms with E-state index in [4.69, 9.17) is 4.74 Å². The minimum atomic E-state index is -0.441. The van der Waals surface area contributed by atoms with Gasteiger partial charge in [-0.3, -0.25) is 0 Å². The summed E-state index contributed by atoms with van der Waals surface area (Å²) in [6, 6.07) is 1.74. The lowest BCUT2D eigenvalue weighted by Gasteiger charge is -2.19. The van der Waals surface area contributed by atoms with Crippen molar-refractivity contribution < 1.29 is 9.53 Å². The Balaban J connectivity index is 2.58. The van der Waals surface area contributed by atoms with E-state index >= 15 is 0 Å². The van der Waals surface area contributed by atoms with Gasteiger partial charge in [0.15, 0.2) is 6.29 Å². The van der Waals surface area contributed by atoms with Crippen LogP contribution in [-0.4, -0.2) is 43.1 Å². The molecule has 0 aliphatic rings. The standard InChI is InChI=1S/C9H13N3O2/c1-12(6-8(7-13)14-2)9-10-4-3-5-11-9/h3-5,7-8H,6H2,1-2H3. The molecule has 0 fully saturated rings. The predicted octanol–water partition coefficient (Wildman–Crippen LogP) is 0.127. The van der Waals surface area contributed by atoms with Crippen LogP contribution in [0, 0.1) is 0 Å². The van der Waals surface area contributed by atoms with Crippen molar-refractivity contribution in [2.75, 3.05) is 25.6 Å². The first-order valence-electron chi connectivity index (χ1n) is 4.24. The maximum atomic E-state index is 10.5. The Hall–Kier alpha value is -1.49. The van der Waals surface area contributed by atoms with Crippen LogP contribution in [0.15, 0.2) is 18.5 Å². The van der Waals surface area contributed by atoms with Crippen molar-refractivity contribution in [2.45, 2.75) is 6.10 Å². The summed E-state index contributed by atoms with van der Waals surface area (Å²) in [6.45, 7) is 0.448. The zero-order valence-electron chi connectivity index (χ0n) is 8.25. The van der Waals surface area contributed by atoms with Gasteiger partial charge in [0.2, 0.25) is 5.95 Å². The van der Waals surface area contributed by atoms with Crippen LogP contribution in [0.2, 0.25) is 0 Å². The van der Waals surface area contributed by atoms with Crippen LogP contribution in [0.5, 0.6) is 0 Å². The normalized spacial score (nSPS) is 12.1. The quantitative estimate of drug-likeness (QED) is 0.625. The SMILES string of the molecule is COC(C=O)CN(C)c1ncccn1. The minimum absolute atomic E-state index is 0.441. The van der Waals surface area contributed by atoms with E-state index in [1.54, 1.807) is 23.4 Å². The molecule has 0 saturated heterocycles. The molecule has 5 nitrogen and oxygen atoms in total. The average Bonchev–Trinajstić information content (AvgIpc) is 2.26. The summed E-state index contributed by atoms with van der Waals surface area (Å²) < 4.78 is 4.93. The van der Waals surface area contributed by atoms with Gasteiger partial charge in [0.05, 0.1) is 6.54 Å². The Bertz CT molecular complexity index is 279. The van der Waals surface area contributed by atoms with Gasteiger partial charge in [-0.2, -0.15) is 0 Å². The van der Waals surface area contributed by atoms with Gasteiger partial charge in [-0.15, -0.1) is 0 Å². The molecule has 0 saturated carbocycles. The molecular weight excluding hydrogens is 182 g/mol. The highest BCUT2D eigenvalue weighted by atomic mass is 16.5. The maximum absolute atomic E-state index is 10.5. The van der Waals surface area contributed by atoms with Crippen molar-refractivity contribution in [2.24, 2.45) is 0 Å². The topological polar surface area (TPSA) is 55.3 Å². The fourth-order valence-corrected chi connectivity index (χ4v) is 1.01. The Labute approximate surface area is 82.7 Å². The number of nitrogens with zero attached hydrogens (tertiary/aromatic N) is 3. The number of anilines is 1. The zero-order chi connectivity index (χ0) is 10.4. The monoisotopic (exact) mass is 195 g/mol. The molecule has 1 heterocycles. The van der Waals surface area contributed by atoms with Crippen LogP contribution in [0.25, 0.3) is 0 Å². The molecular formula is C9H13N3O2. The third kappa shape index (κ3) is 2.77. The molecule has 0 bridgehead atoms. The van der Waals surface area contributed by atoms with Crippen molar-refractivity contribution in [3.63, 3.8) is 0 Å². The van der Waals surface area contributed by atoms with Crippen LogP contribution in [0.3, 0.4) is 0 Å². The van der Waals surface area contributed by atoms with Crippen LogP contribution >= 0.6 is 0 Å². The third-order valence-corrected chi connectivity index (χ3v) is 1.80. The molecule has 1 aromatic rings. The van der Waals surface area contributed by atoms with E-state index < -0.39 is 6.10 Å². The number of likely N-dealkylation sites (N-methyl/N-ethyl adjacent to an activating group) is 1. The Morgan fingerprint density at radius 1 is 1.57 bits per heavy atom. The van der Waals surface area contributed by atoms with Gasteiger partial charge >= 0.3 is 0 Å². The molecule has 1 atom stereocenters. The second-order valence-corrected chi connectivity index (χ2v) is 2.84. The fourth-order valence-electron chi connectivity index (χ4n) is 1.01. The zero-order valence-corrected chi connectivity index (χ0v) is 8.25. The second kappa shape index (κ2) is 5.29. The number of carbonyl (C=O) groups excluding carboxylic acids is 1. The number of aldehydes is 1. The van der Waals surface area contributed by atoms with Crippen LogP contribution in [0.4, 0.5) is 5.95 Å². The number of aromatic nitrogens is 2. The molecule has 0 aliphatic heterocycles. The number of rotatable bonds is 5. The summed E-state index contributed by atoms with van der Waals surface area (Å²) in [6.07, 6.45) is 3.63. The summed E-state index contributed by atoms with van der Waals surface area (Å²) >= 11 is 0. The highest BCUT2D eigenvalue weighted by Gasteiger charge is 2.10. The minimum Gasteiger partial charge on any atom is -0.372 e. The molecule has 5 heteroatoms. The van der Waals surface area contributed by atoms with Gasteiger partial charge in [0, 0.05) is 26.6 Å². The van der Waals surface area contributed by atoms with Gasteiger partial charge in [-0.25, -0.2) is 9.97 Å². The lowest BCUT2D eigenvalue weighted by atomic mass is 10.4. The number of carbonyl (C=O) groups is 1. The van der Waals surface area contributed by atoms with Crippen molar-refractivity contribution in [1.82, 2.24) is 9.97 Å². The summed E-state index contributed by atoms with van der Waals surface area (Å²) in [4.78, 5) is 20.4. The molecule has 0 aromatic carbocycles. The molecule has 1 unspecified atom stereocenters. The summed E-state index contributed by atoms with van der Waals surface area (Å²) in [7, 11) is 3.31. The smallest absolute Gasteiger partial charge is 0.225 e. The summed E-state index contributed by atoms with van der Waals surface area (Å²) in [5.74, 6) is 0.580. The van der Waals surface area contributed by atoms with E-state index in [1.807, 2.05) is 7.05 Å². The maximum Gasteiger partial charge on any atom is 0.225 e. The first-order chi connectivity index (χ1) is 6.77. The number of hydrogen-bond donors (Lipinski definition) is 0. The molecule has 14 heavy (non-hydrogen) atoms. The first-order valence-corrected chi connectivity index (χ1v) is 4.24. The van der Waals surface area contributed by atoms with E-state index in [9.17, 15) is 4.79 Å². The molecule has 0 amide bonds. The summed E-state index contributed by atoms with van der Waals surface area (Å²) in [5, 5.41) is 0. The van der Waals surface area contributed by atoms with Crippen molar-refractivity contribution in [3.8, 4) is 0 Å². The average molecular weight is 195 g/mol. The molecule has 0 N–H and O–H groups in total. The van der Waals surface area contributed by atoms with Crippen LogP contribution in [0.1, 0.15) is 0 Å². The highest BCUT2D eigenvalue weighted by molar-refractivity contribution is 5.57. The number of hydrogen-bond acceptors (Lipinski definition) is 5. The van der Waals surface area contributed by atoms with Gasteiger partial charge in [0.1, 0.15) is 6.10 Å². The lowest BCUT2D eigenvalue weighted by molar-refractivity contribution is -0.115. The van der Waals surface area contributed by atoms with E-state index in [0.717, 1.165) is 6.29 Å². The molecule has 76 valence electrons. The van der Waals surface area contributed by atoms with E-state index in [0.29, 0.717) is 12.5 Å². The molecule has 0 radical (unpaired) electrons. The molecule has 0 aliphatic carbocycles. The van der Waals surface area contributed by atoms with Crippen molar-refractivity contribution in [1.29, 1.82) is 0 Å². The van der Waals surface area contributed by atoms with E-state index in [-0.39, 0.29) is 0 Å². The lowest BCUT2D eigenvalue weighted by Crippen LogP contribution is -2.32. The number of ether oxygens (including phenoxy) is 1. The van der Waals surface area contributed by atoms with E-state index in [1.165, 1.54) is 7.11 Å². The summed E-state index contributed by atoms with van der Waals surface area (Å²) in [5.41, 5.74) is 0. The van der Waals surface area contributed by atoms with Gasteiger partial charge in [-0.05, 0) is 6.07 Å². The largest absolute Gasteiger partial charge is 0.372 e. The van der Waals surface area contributed by atoms with E-state index in [2.05, 4.69) is 9.97 Å². The third-order valence-electron chi connectivity index (χ3n) is 1.80.